The van der Waals surface area contributed by atoms with Crippen LogP contribution in [0.15, 0.2) is 29.3 Å². The molecule has 0 aliphatic carbocycles. The third-order valence-electron chi connectivity index (χ3n) is 5.27. The summed E-state index contributed by atoms with van der Waals surface area (Å²) in [6.07, 6.45) is 3.35. The molecule has 0 saturated carbocycles. The summed E-state index contributed by atoms with van der Waals surface area (Å²) in [7, 11) is -0.717. The number of benzene rings is 1. The first-order valence-electron chi connectivity index (χ1n) is 9.75. The molecule has 0 bridgehead atoms. The lowest BCUT2D eigenvalue weighted by Crippen LogP contribution is -2.29. The number of carbonyl (C=O) groups excluding carboxylic acids is 1. The van der Waals surface area contributed by atoms with Crippen molar-refractivity contribution in [3.63, 3.8) is 0 Å². The Kier molecular flexibility index (Phi) is 6.62. The molecule has 0 spiro atoms. The SMILES string of the molecule is COc1ccc(C(=O)NCc2ncc(C)c(OC)c2C)cc1S(=O)(=O)N1CCCC1. The highest BCUT2D eigenvalue weighted by Crippen LogP contribution is 2.30. The Morgan fingerprint density at radius 1 is 1.17 bits per heavy atom. The summed E-state index contributed by atoms with van der Waals surface area (Å²) in [5, 5.41) is 2.81. The minimum Gasteiger partial charge on any atom is -0.496 e. The second-order valence-corrected chi connectivity index (χ2v) is 9.11. The van der Waals surface area contributed by atoms with Gasteiger partial charge in [-0.05, 0) is 44.9 Å². The van der Waals surface area contributed by atoms with Gasteiger partial charge in [0.15, 0.2) is 0 Å². The smallest absolute Gasteiger partial charge is 0.251 e. The number of aromatic nitrogens is 1. The minimum atomic E-state index is -3.73. The molecule has 0 radical (unpaired) electrons. The molecule has 1 amide bonds. The van der Waals surface area contributed by atoms with Crippen molar-refractivity contribution in [2.24, 2.45) is 0 Å². The van der Waals surface area contributed by atoms with Gasteiger partial charge >= 0.3 is 0 Å². The fourth-order valence-electron chi connectivity index (χ4n) is 3.60. The maximum absolute atomic E-state index is 13.0. The van der Waals surface area contributed by atoms with Crippen molar-refractivity contribution in [2.75, 3.05) is 27.3 Å². The number of hydrogen-bond donors (Lipinski definition) is 1. The number of carbonyl (C=O) groups is 1. The fraction of sp³-hybridized carbons (Fsp3) is 0.429. The van der Waals surface area contributed by atoms with E-state index in [-0.39, 0.29) is 22.8 Å². The molecule has 8 nitrogen and oxygen atoms in total. The van der Waals surface area contributed by atoms with E-state index < -0.39 is 15.9 Å². The van der Waals surface area contributed by atoms with Gasteiger partial charge in [-0.25, -0.2) is 8.42 Å². The Balaban J connectivity index is 1.83. The number of aryl methyl sites for hydroxylation is 1. The van der Waals surface area contributed by atoms with Crippen molar-refractivity contribution in [3.8, 4) is 11.5 Å². The number of pyridine rings is 1. The molecular weight excluding hydrogens is 406 g/mol. The Morgan fingerprint density at radius 3 is 2.50 bits per heavy atom. The number of nitrogens with one attached hydrogen (secondary N) is 1. The lowest BCUT2D eigenvalue weighted by molar-refractivity contribution is 0.0950. The zero-order valence-electron chi connectivity index (χ0n) is 17.7. The summed E-state index contributed by atoms with van der Waals surface area (Å²) < 4.78 is 38.1. The number of ether oxygens (including phenoxy) is 2. The molecule has 162 valence electrons. The first kappa shape index (κ1) is 22.0. The second kappa shape index (κ2) is 9.01. The van der Waals surface area contributed by atoms with E-state index in [9.17, 15) is 13.2 Å². The Labute approximate surface area is 177 Å². The average Bonchev–Trinajstić information content (AvgIpc) is 3.28. The van der Waals surface area contributed by atoms with Crippen LogP contribution in [0.5, 0.6) is 11.5 Å². The number of sulfonamides is 1. The maximum atomic E-state index is 13.0. The van der Waals surface area contributed by atoms with E-state index in [0.717, 1.165) is 29.7 Å². The number of hydrogen-bond acceptors (Lipinski definition) is 6. The second-order valence-electron chi connectivity index (χ2n) is 7.21. The average molecular weight is 434 g/mol. The van der Waals surface area contributed by atoms with Gasteiger partial charge in [0, 0.05) is 36.0 Å². The molecular formula is C21H27N3O5S. The van der Waals surface area contributed by atoms with Crippen molar-refractivity contribution in [3.05, 3.63) is 46.8 Å². The van der Waals surface area contributed by atoms with Crippen molar-refractivity contribution >= 4 is 15.9 Å². The van der Waals surface area contributed by atoms with Gasteiger partial charge in [-0.2, -0.15) is 4.31 Å². The Morgan fingerprint density at radius 2 is 1.87 bits per heavy atom. The Bertz CT molecular complexity index is 1050. The quantitative estimate of drug-likeness (QED) is 0.720. The monoisotopic (exact) mass is 433 g/mol. The number of amides is 1. The molecule has 1 aliphatic rings. The van der Waals surface area contributed by atoms with E-state index in [1.807, 2.05) is 13.8 Å². The van der Waals surface area contributed by atoms with Crippen molar-refractivity contribution in [1.82, 2.24) is 14.6 Å². The van der Waals surface area contributed by atoms with Gasteiger partial charge in [0.2, 0.25) is 10.0 Å². The Hall–Kier alpha value is -2.65. The molecule has 30 heavy (non-hydrogen) atoms. The highest BCUT2D eigenvalue weighted by Gasteiger charge is 2.30. The largest absolute Gasteiger partial charge is 0.496 e. The normalized spacial score (nSPS) is 14.5. The molecule has 1 saturated heterocycles. The van der Waals surface area contributed by atoms with Crippen LogP contribution in [-0.4, -0.2) is 50.9 Å². The maximum Gasteiger partial charge on any atom is 0.251 e. The molecule has 0 atom stereocenters. The zero-order valence-corrected chi connectivity index (χ0v) is 18.5. The van der Waals surface area contributed by atoms with Crippen LogP contribution in [0.25, 0.3) is 0 Å². The summed E-state index contributed by atoms with van der Waals surface area (Å²) in [5.74, 6) is 0.563. The molecule has 3 rings (SSSR count). The zero-order chi connectivity index (χ0) is 21.9. The highest BCUT2D eigenvalue weighted by atomic mass is 32.2. The van der Waals surface area contributed by atoms with Gasteiger partial charge in [0.05, 0.1) is 26.5 Å². The summed E-state index contributed by atoms with van der Waals surface area (Å²) in [5.41, 5.74) is 2.69. The number of nitrogens with zero attached hydrogens (tertiary/aromatic N) is 2. The molecule has 0 unspecified atom stereocenters. The van der Waals surface area contributed by atoms with Crippen molar-refractivity contribution < 1.29 is 22.7 Å². The molecule has 9 heteroatoms. The first-order chi connectivity index (χ1) is 14.3. The van der Waals surface area contributed by atoms with Gasteiger partial charge < -0.3 is 14.8 Å². The van der Waals surface area contributed by atoms with Gasteiger partial charge in [-0.15, -0.1) is 0 Å². The molecule has 2 aromatic rings. The third kappa shape index (κ3) is 4.27. The molecule has 1 aromatic carbocycles. The third-order valence-corrected chi connectivity index (χ3v) is 7.19. The van der Waals surface area contributed by atoms with Crippen LogP contribution in [0.4, 0.5) is 0 Å². The van der Waals surface area contributed by atoms with Crippen LogP contribution < -0.4 is 14.8 Å². The summed E-state index contributed by atoms with van der Waals surface area (Å²) in [6, 6.07) is 4.43. The topological polar surface area (TPSA) is 97.8 Å². The summed E-state index contributed by atoms with van der Waals surface area (Å²) >= 11 is 0. The van der Waals surface area contributed by atoms with Crippen LogP contribution in [0.3, 0.4) is 0 Å². The van der Waals surface area contributed by atoms with E-state index in [4.69, 9.17) is 9.47 Å². The van der Waals surface area contributed by atoms with Crippen LogP contribution in [0.1, 0.15) is 40.0 Å². The van der Waals surface area contributed by atoms with Crippen molar-refractivity contribution in [1.29, 1.82) is 0 Å². The molecule has 1 fully saturated rings. The lowest BCUT2D eigenvalue weighted by Gasteiger charge is -2.18. The van der Waals surface area contributed by atoms with E-state index in [1.54, 1.807) is 19.4 Å². The van der Waals surface area contributed by atoms with E-state index in [1.165, 1.54) is 23.5 Å². The summed E-state index contributed by atoms with van der Waals surface area (Å²) in [4.78, 5) is 17.1. The number of methoxy groups -OCH3 is 2. The van der Waals surface area contributed by atoms with E-state index >= 15 is 0 Å². The standard InChI is InChI=1S/C21H27N3O5S/c1-14-12-22-17(15(2)20(14)29-4)13-23-21(25)16-7-8-18(28-3)19(11-16)30(26,27)24-9-5-6-10-24/h7-8,11-12H,5-6,9-10,13H2,1-4H3,(H,23,25). The minimum absolute atomic E-state index is 0.00543. The predicted octanol–water partition coefficient (Wildman–Crippen LogP) is 2.43. The van der Waals surface area contributed by atoms with Gasteiger partial charge in [0.1, 0.15) is 16.4 Å². The molecule has 1 aliphatic heterocycles. The van der Waals surface area contributed by atoms with Crippen LogP contribution in [0.2, 0.25) is 0 Å². The first-order valence-corrected chi connectivity index (χ1v) is 11.2. The molecule has 2 heterocycles. The fourth-order valence-corrected chi connectivity index (χ4v) is 5.30. The van der Waals surface area contributed by atoms with Crippen LogP contribution in [-0.2, 0) is 16.6 Å². The lowest BCUT2D eigenvalue weighted by atomic mass is 10.1. The molecule has 1 aromatic heterocycles. The van der Waals surface area contributed by atoms with Crippen molar-refractivity contribution in [2.45, 2.75) is 38.1 Å². The molecule has 1 N–H and O–H groups in total. The highest BCUT2D eigenvalue weighted by molar-refractivity contribution is 7.89. The van der Waals surface area contributed by atoms with Crippen LogP contribution in [0, 0.1) is 13.8 Å². The van der Waals surface area contributed by atoms with E-state index in [0.29, 0.717) is 18.8 Å². The van der Waals surface area contributed by atoms with Gasteiger partial charge in [-0.3, -0.25) is 9.78 Å². The van der Waals surface area contributed by atoms with E-state index in [2.05, 4.69) is 10.3 Å². The summed E-state index contributed by atoms with van der Waals surface area (Å²) in [6.45, 7) is 4.93. The van der Waals surface area contributed by atoms with Gasteiger partial charge in [-0.1, -0.05) is 0 Å². The van der Waals surface area contributed by atoms with Crippen LogP contribution >= 0.6 is 0 Å². The number of rotatable bonds is 7. The van der Waals surface area contributed by atoms with Gasteiger partial charge in [0.25, 0.3) is 5.91 Å². The predicted molar refractivity (Wildman–Crippen MR) is 112 cm³/mol.